The summed E-state index contributed by atoms with van der Waals surface area (Å²) in [5.41, 5.74) is 1.76. The van der Waals surface area contributed by atoms with Gasteiger partial charge < -0.3 is 5.32 Å². The maximum absolute atomic E-state index is 12.9. The Morgan fingerprint density at radius 1 is 1.17 bits per heavy atom. The first-order chi connectivity index (χ1) is 8.67. The molecule has 0 spiro atoms. The fourth-order valence-electron chi connectivity index (χ4n) is 1.94. The number of aromatic nitrogens is 1. The van der Waals surface area contributed by atoms with Crippen LogP contribution in [0.2, 0.25) is 0 Å². The zero-order chi connectivity index (χ0) is 12.6. The van der Waals surface area contributed by atoms with Gasteiger partial charge in [-0.05, 0) is 35.9 Å². The van der Waals surface area contributed by atoms with Crippen molar-refractivity contribution < 1.29 is 4.39 Å². The van der Waals surface area contributed by atoms with Crippen molar-refractivity contribution in [3.8, 4) is 0 Å². The van der Waals surface area contributed by atoms with Crippen molar-refractivity contribution >= 4 is 23.5 Å². The van der Waals surface area contributed by atoms with Crippen LogP contribution in [0.1, 0.15) is 11.1 Å². The molecule has 1 N–H and O–H groups in total. The lowest BCUT2D eigenvalue weighted by molar-refractivity contribution is 0.626. The van der Waals surface area contributed by atoms with Crippen LogP contribution in [0.25, 0.3) is 6.08 Å². The van der Waals surface area contributed by atoms with Crippen molar-refractivity contribution in [2.45, 2.75) is 5.00 Å². The average Bonchev–Trinajstić information content (AvgIpc) is 2.39. The Hall–Kier alpha value is -1.87. The third kappa shape index (κ3) is 1.87. The number of anilines is 1. The number of halogens is 2. The first-order valence-corrected chi connectivity index (χ1v) is 5.93. The summed E-state index contributed by atoms with van der Waals surface area (Å²) in [6.07, 6.45) is 5.45. The van der Waals surface area contributed by atoms with Crippen LogP contribution in [-0.2, 0) is 5.00 Å². The summed E-state index contributed by atoms with van der Waals surface area (Å²) >= 11 is 6.52. The van der Waals surface area contributed by atoms with E-state index in [1.807, 2.05) is 24.3 Å². The Morgan fingerprint density at radius 3 is 2.72 bits per heavy atom. The molecule has 3 rings (SSSR count). The lowest BCUT2D eigenvalue weighted by Crippen LogP contribution is -2.29. The monoisotopic (exact) mass is 260 g/mol. The van der Waals surface area contributed by atoms with Gasteiger partial charge in [0.25, 0.3) is 0 Å². The predicted octanol–water partition coefficient (Wildman–Crippen LogP) is 3.75. The fourth-order valence-corrected chi connectivity index (χ4v) is 2.21. The van der Waals surface area contributed by atoms with Gasteiger partial charge in [-0.2, -0.15) is 0 Å². The van der Waals surface area contributed by atoms with Crippen LogP contribution in [0.5, 0.6) is 0 Å². The van der Waals surface area contributed by atoms with Gasteiger partial charge in [0.05, 0.1) is 0 Å². The van der Waals surface area contributed by atoms with Crippen LogP contribution >= 0.6 is 11.6 Å². The summed E-state index contributed by atoms with van der Waals surface area (Å²) < 4.78 is 12.9. The zero-order valence-corrected chi connectivity index (χ0v) is 10.2. The second kappa shape index (κ2) is 4.10. The van der Waals surface area contributed by atoms with Crippen molar-refractivity contribution in [1.29, 1.82) is 0 Å². The summed E-state index contributed by atoms with van der Waals surface area (Å²) in [6, 6.07) is 9.92. The molecule has 0 fully saturated rings. The first-order valence-electron chi connectivity index (χ1n) is 5.55. The highest BCUT2D eigenvalue weighted by molar-refractivity contribution is 6.27. The quantitative estimate of drug-likeness (QED) is 0.624. The van der Waals surface area contributed by atoms with E-state index in [1.165, 1.54) is 12.1 Å². The van der Waals surface area contributed by atoms with E-state index in [9.17, 15) is 4.39 Å². The van der Waals surface area contributed by atoms with Gasteiger partial charge in [0.15, 0.2) is 5.00 Å². The summed E-state index contributed by atoms with van der Waals surface area (Å²) in [5.74, 6) is 0.441. The molecule has 0 bridgehead atoms. The largest absolute Gasteiger partial charge is 0.344 e. The Balaban J connectivity index is 2.02. The number of nitrogens with zero attached hydrogens (tertiary/aromatic N) is 1. The number of rotatable bonds is 1. The van der Waals surface area contributed by atoms with Crippen molar-refractivity contribution in [3.05, 3.63) is 65.6 Å². The van der Waals surface area contributed by atoms with Crippen molar-refractivity contribution in [1.82, 2.24) is 4.98 Å². The minimum atomic E-state index is -0.880. The fraction of sp³-hybridized carbons (Fsp3) is 0.0714. The zero-order valence-electron chi connectivity index (χ0n) is 9.40. The Morgan fingerprint density at radius 2 is 1.94 bits per heavy atom. The Bertz CT molecular complexity index is 609. The highest BCUT2D eigenvalue weighted by Gasteiger charge is 2.30. The van der Waals surface area contributed by atoms with Crippen LogP contribution < -0.4 is 5.32 Å². The van der Waals surface area contributed by atoms with Gasteiger partial charge in [-0.15, -0.1) is 0 Å². The molecule has 2 aromatic rings. The van der Waals surface area contributed by atoms with E-state index in [-0.39, 0.29) is 5.82 Å². The normalized spacial score (nSPS) is 21.2. The lowest BCUT2D eigenvalue weighted by Gasteiger charge is -2.30. The molecule has 1 aromatic heterocycles. The van der Waals surface area contributed by atoms with Crippen molar-refractivity contribution in [2.75, 3.05) is 5.32 Å². The summed E-state index contributed by atoms with van der Waals surface area (Å²) in [6.45, 7) is 0. The van der Waals surface area contributed by atoms with Gasteiger partial charge in [0, 0.05) is 11.8 Å². The molecule has 2 nitrogen and oxygen atoms in total. The van der Waals surface area contributed by atoms with Crippen LogP contribution in [0.4, 0.5) is 10.2 Å². The highest BCUT2D eigenvalue weighted by Crippen LogP contribution is 2.37. The maximum atomic E-state index is 12.9. The minimum Gasteiger partial charge on any atom is -0.344 e. The molecule has 1 atom stereocenters. The molecule has 1 aliphatic heterocycles. The van der Waals surface area contributed by atoms with E-state index in [0.717, 1.165) is 16.9 Å². The maximum Gasteiger partial charge on any atom is 0.158 e. The number of hydrogen-bond donors (Lipinski definition) is 1. The molecule has 0 radical (unpaired) electrons. The van der Waals surface area contributed by atoms with E-state index in [0.29, 0.717) is 0 Å². The molecule has 1 aliphatic rings. The standard InChI is InChI=1S/C14H10ClFN2/c15-14(11-3-5-12(16)6-4-11)8-7-10-2-1-9-17-13(10)18-14/h1-9H,(H,17,18). The van der Waals surface area contributed by atoms with Gasteiger partial charge in [0.1, 0.15) is 11.6 Å². The molecule has 0 saturated heterocycles. The highest BCUT2D eigenvalue weighted by atomic mass is 35.5. The lowest BCUT2D eigenvalue weighted by atomic mass is 10.0. The Kier molecular flexibility index (Phi) is 2.56. The number of alkyl halides is 1. The molecule has 0 saturated carbocycles. The van der Waals surface area contributed by atoms with Gasteiger partial charge in [-0.1, -0.05) is 29.8 Å². The summed E-state index contributed by atoms with van der Waals surface area (Å²) in [7, 11) is 0. The van der Waals surface area contributed by atoms with Crippen LogP contribution in [0.15, 0.2) is 48.7 Å². The first kappa shape index (κ1) is 11.2. The number of fused-ring (bicyclic) bond motifs is 1. The third-order valence-corrected chi connectivity index (χ3v) is 3.33. The number of hydrogen-bond acceptors (Lipinski definition) is 2. The SMILES string of the molecule is Fc1ccc(C2(Cl)C=Cc3cccnc3N2)cc1. The summed E-state index contributed by atoms with van der Waals surface area (Å²) in [5, 5.41) is 3.15. The number of nitrogens with one attached hydrogen (secondary N) is 1. The summed E-state index contributed by atoms with van der Waals surface area (Å²) in [4.78, 5) is 3.36. The molecule has 1 unspecified atom stereocenters. The molecular weight excluding hydrogens is 251 g/mol. The van der Waals surface area contributed by atoms with Gasteiger partial charge in [0.2, 0.25) is 0 Å². The molecular formula is C14H10ClFN2. The van der Waals surface area contributed by atoms with Crippen LogP contribution in [0.3, 0.4) is 0 Å². The van der Waals surface area contributed by atoms with E-state index < -0.39 is 5.00 Å². The van der Waals surface area contributed by atoms with E-state index >= 15 is 0 Å². The average molecular weight is 261 g/mol. The van der Waals surface area contributed by atoms with Crippen molar-refractivity contribution in [3.63, 3.8) is 0 Å². The second-order valence-electron chi connectivity index (χ2n) is 4.12. The van der Waals surface area contributed by atoms with E-state index in [2.05, 4.69) is 10.3 Å². The molecule has 4 heteroatoms. The van der Waals surface area contributed by atoms with Crippen LogP contribution in [0, 0.1) is 5.82 Å². The van der Waals surface area contributed by atoms with Gasteiger partial charge in [-0.25, -0.2) is 9.37 Å². The third-order valence-electron chi connectivity index (χ3n) is 2.90. The molecule has 0 amide bonds. The van der Waals surface area contributed by atoms with E-state index in [4.69, 9.17) is 11.6 Å². The smallest absolute Gasteiger partial charge is 0.158 e. The molecule has 1 aromatic carbocycles. The van der Waals surface area contributed by atoms with Gasteiger partial charge in [-0.3, -0.25) is 0 Å². The van der Waals surface area contributed by atoms with Crippen LogP contribution in [-0.4, -0.2) is 4.98 Å². The molecule has 90 valence electrons. The molecule has 18 heavy (non-hydrogen) atoms. The van der Waals surface area contributed by atoms with E-state index in [1.54, 1.807) is 18.3 Å². The second-order valence-corrected chi connectivity index (χ2v) is 4.71. The number of pyridine rings is 1. The molecule has 2 heterocycles. The van der Waals surface area contributed by atoms with Crippen molar-refractivity contribution in [2.24, 2.45) is 0 Å². The number of benzene rings is 1. The molecule has 0 aliphatic carbocycles. The minimum absolute atomic E-state index is 0.280. The topological polar surface area (TPSA) is 24.9 Å². The van der Waals surface area contributed by atoms with Gasteiger partial charge >= 0.3 is 0 Å². The predicted molar refractivity (Wildman–Crippen MR) is 70.8 cm³/mol. The Labute approximate surface area is 109 Å².